The molecule has 0 aliphatic carbocycles. The molecular weight excluding hydrogens is 406 g/mol. The Bertz CT molecular complexity index is 961. The normalized spacial score (nSPS) is 14.9. The number of amides is 1. The van der Waals surface area contributed by atoms with Gasteiger partial charge in [0.25, 0.3) is 0 Å². The first kappa shape index (κ1) is 20.8. The monoisotopic (exact) mass is 426 g/mol. The number of nitrogens with zero attached hydrogens (tertiary/aromatic N) is 1. The Morgan fingerprint density at radius 1 is 1.07 bits per heavy atom. The number of hydrogen-bond donors (Lipinski definition) is 1. The molecule has 2 aromatic carbocycles. The third-order valence-electron chi connectivity index (χ3n) is 4.31. The third kappa shape index (κ3) is 5.09. The van der Waals surface area contributed by atoms with Crippen molar-refractivity contribution in [1.29, 1.82) is 0 Å². The van der Waals surface area contributed by atoms with E-state index in [1.165, 1.54) is 34.3 Å². The van der Waals surface area contributed by atoms with Gasteiger partial charge in [0.2, 0.25) is 15.9 Å². The molecule has 150 valence electrons. The summed E-state index contributed by atoms with van der Waals surface area (Å²) in [4.78, 5) is 12.3. The summed E-state index contributed by atoms with van der Waals surface area (Å²) in [5.41, 5.74) is 0.981. The van der Waals surface area contributed by atoms with Crippen molar-refractivity contribution in [3.63, 3.8) is 0 Å². The van der Waals surface area contributed by atoms with Gasteiger partial charge in [0.1, 0.15) is 0 Å². The highest BCUT2D eigenvalue weighted by Crippen LogP contribution is 2.23. The van der Waals surface area contributed by atoms with Gasteiger partial charge in [-0.2, -0.15) is 4.31 Å². The van der Waals surface area contributed by atoms with E-state index < -0.39 is 21.7 Å². The third-order valence-corrected chi connectivity index (χ3v) is 7.20. The topological polar surface area (TPSA) is 66.5 Å². The fourth-order valence-electron chi connectivity index (χ4n) is 2.90. The van der Waals surface area contributed by atoms with Crippen LogP contribution in [-0.2, 0) is 20.6 Å². The number of nitrogens with one attached hydrogen (secondary N) is 1. The quantitative estimate of drug-likeness (QED) is 0.734. The van der Waals surface area contributed by atoms with Crippen molar-refractivity contribution in [2.24, 2.45) is 0 Å². The molecule has 5 nitrogen and oxygen atoms in total. The second-order valence-corrected chi connectivity index (χ2v) is 9.35. The molecule has 2 aromatic rings. The summed E-state index contributed by atoms with van der Waals surface area (Å²) in [6, 6.07) is 9.81. The molecule has 0 aromatic heterocycles. The van der Waals surface area contributed by atoms with E-state index in [2.05, 4.69) is 5.32 Å². The highest BCUT2D eigenvalue weighted by atomic mass is 32.2. The van der Waals surface area contributed by atoms with Crippen molar-refractivity contribution in [3.05, 3.63) is 59.7 Å². The van der Waals surface area contributed by atoms with Crippen LogP contribution in [0.3, 0.4) is 0 Å². The Hall–Kier alpha value is -1.97. The zero-order chi connectivity index (χ0) is 20.1. The van der Waals surface area contributed by atoms with Crippen molar-refractivity contribution >= 4 is 33.4 Å². The Kier molecular flexibility index (Phi) is 6.69. The van der Waals surface area contributed by atoms with E-state index in [0.29, 0.717) is 30.1 Å². The summed E-state index contributed by atoms with van der Waals surface area (Å²) in [6.07, 6.45) is 1.70. The van der Waals surface area contributed by atoms with E-state index >= 15 is 0 Å². The second kappa shape index (κ2) is 9.02. The van der Waals surface area contributed by atoms with Crippen LogP contribution in [0.25, 0.3) is 0 Å². The highest BCUT2D eigenvalue weighted by Gasteiger charge is 2.27. The van der Waals surface area contributed by atoms with E-state index in [1.54, 1.807) is 12.1 Å². The summed E-state index contributed by atoms with van der Waals surface area (Å²) in [6.45, 7) is 1.03. The molecule has 1 aliphatic heterocycles. The lowest BCUT2D eigenvalue weighted by Gasteiger charge is -2.16. The van der Waals surface area contributed by atoms with Crippen LogP contribution in [0.15, 0.2) is 47.4 Å². The Balaban J connectivity index is 1.56. The number of hydrogen-bond acceptors (Lipinski definition) is 4. The van der Waals surface area contributed by atoms with Gasteiger partial charge in [-0.3, -0.25) is 4.79 Å². The molecule has 1 heterocycles. The molecule has 0 bridgehead atoms. The first-order valence-electron chi connectivity index (χ1n) is 8.78. The van der Waals surface area contributed by atoms with Crippen LogP contribution in [0.2, 0.25) is 0 Å². The lowest BCUT2D eigenvalue weighted by Crippen LogP contribution is -2.28. The summed E-state index contributed by atoms with van der Waals surface area (Å²) in [5, 5.41) is 2.67. The van der Waals surface area contributed by atoms with Crippen LogP contribution in [0.1, 0.15) is 18.4 Å². The zero-order valence-electron chi connectivity index (χ0n) is 15.0. The van der Waals surface area contributed by atoms with Gasteiger partial charge < -0.3 is 5.32 Å². The minimum absolute atomic E-state index is 0.0993. The van der Waals surface area contributed by atoms with Crippen molar-refractivity contribution in [3.8, 4) is 0 Å². The maximum atomic E-state index is 13.2. The van der Waals surface area contributed by atoms with Gasteiger partial charge in [-0.25, -0.2) is 17.2 Å². The van der Waals surface area contributed by atoms with Gasteiger partial charge >= 0.3 is 0 Å². The minimum atomic E-state index is -3.55. The highest BCUT2D eigenvalue weighted by molar-refractivity contribution is 7.99. The predicted octanol–water partition coefficient (Wildman–Crippen LogP) is 3.62. The van der Waals surface area contributed by atoms with Crippen molar-refractivity contribution in [2.75, 3.05) is 24.2 Å². The van der Waals surface area contributed by atoms with Crippen LogP contribution in [0.4, 0.5) is 14.5 Å². The van der Waals surface area contributed by atoms with Gasteiger partial charge in [0.05, 0.1) is 10.6 Å². The summed E-state index contributed by atoms with van der Waals surface area (Å²) >= 11 is 1.25. The number of benzene rings is 2. The molecule has 28 heavy (non-hydrogen) atoms. The number of carbonyl (C=O) groups excluding carboxylic acids is 1. The van der Waals surface area contributed by atoms with E-state index in [9.17, 15) is 22.0 Å². The van der Waals surface area contributed by atoms with Crippen LogP contribution in [0, 0.1) is 11.6 Å². The molecule has 0 unspecified atom stereocenters. The van der Waals surface area contributed by atoms with E-state index in [0.717, 1.165) is 25.0 Å². The molecule has 0 saturated carbocycles. The Morgan fingerprint density at radius 3 is 2.54 bits per heavy atom. The SMILES string of the molecule is O=C(CSCc1ccc(F)c(F)c1)Nc1cccc(S(=O)(=O)N2CCCC2)c1. The van der Waals surface area contributed by atoms with Crippen molar-refractivity contribution in [1.82, 2.24) is 4.31 Å². The van der Waals surface area contributed by atoms with Gasteiger partial charge in [-0.05, 0) is 48.7 Å². The fraction of sp³-hybridized carbons (Fsp3) is 0.316. The molecule has 1 saturated heterocycles. The standard InChI is InChI=1S/C19H20F2N2O3S2/c20-17-7-6-14(10-18(17)21)12-27-13-19(24)22-15-4-3-5-16(11-15)28(25,26)23-8-1-2-9-23/h3-7,10-11H,1-2,8-9,12-13H2,(H,22,24). The van der Waals surface area contributed by atoms with Gasteiger partial charge in [0.15, 0.2) is 11.6 Å². The molecule has 9 heteroatoms. The van der Waals surface area contributed by atoms with E-state index in [4.69, 9.17) is 0 Å². The molecular formula is C19H20F2N2O3S2. The molecule has 1 fully saturated rings. The largest absolute Gasteiger partial charge is 0.325 e. The van der Waals surface area contributed by atoms with Crippen molar-refractivity contribution < 1.29 is 22.0 Å². The maximum Gasteiger partial charge on any atom is 0.243 e. The molecule has 0 radical (unpaired) electrons. The molecule has 3 rings (SSSR count). The lowest BCUT2D eigenvalue weighted by atomic mass is 10.2. The number of thioether (sulfide) groups is 1. The van der Waals surface area contributed by atoms with Crippen molar-refractivity contribution in [2.45, 2.75) is 23.5 Å². The Morgan fingerprint density at radius 2 is 1.82 bits per heavy atom. The smallest absolute Gasteiger partial charge is 0.243 e. The number of carbonyl (C=O) groups is 1. The first-order chi connectivity index (χ1) is 13.4. The molecule has 0 spiro atoms. The van der Waals surface area contributed by atoms with E-state index in [1.807, 2.05) is 0 Å². The number of rotatable bonds is 7. The maximum absolute atomic E-state index is 13.2. The van der Waals surface area contributed by atoms with Crippen LogP contribution < -0.4 is 5.32 Å². The van der Waals surface area contributed by atoms with Crippen LogP contribution in [-0.4, -0.2) is 37.5 Å². The minimum Gasteiger partial charge on any atom is -0.325 e. The van der Waals surface area contributed by atoms with Gasteiger partial charge in [-0.15, -0.1) is 11.8 Å². The summed E-state index contributed by atoms with van der Waals surface area (Å²) < 4.78 is 52.8. The average Bonchev–Trinajstić information content (AvgIpc) is 3.20. The molecule has 1 amide bonds. The van der Waals surface area contributed by atoms with Crippen LogP contribution >= 0.6 is 11.8 Å². The Labute approximate surface area is 167 Å². The zero-order valence-corrected chi connectivity index (χ0v) is 16.7. The first-order valence-corrected chi connectivity index (χ1v) is 11.4. The predicted molar refractivity (Wildman–Crippen MR) is 106 cm³/mol. The summed E-state index contributed by atoms with van der Waals surface area (Å²) in [5.74, 6) is -1.67. The molecule has 1 aliphatic rings. The summed E-state index contributed by atoms with van der Waals surface area (Å²) in [7, 11) is -3.55. The van der Waals surface area contributed by atoms with Gasteiger partial charge in [0, 0.05) is 24.5 Å². The number of anilines is 1. The second-order valence-electron chi connectivity index (χ2n) is 6.43. The number of halogens is 2. The average molecular weight is 427 g/mol. The lowest BCUT2D eigenvalue weighted by molar-refractivity contribution is -0.113. The molecule has 0 atom stereocenters. The number of sulfonamides is 1. The fourth-order valence-corrected chi connectivity index (χ4v) is 5.24. The van der Waals surface area contributed by atoms with E-state index in [-0.39, 0.29) is 16.6 Å². The molecule has 1 N–H and O–H groups in total. The van der Waals surface area contributed by atoms with Crippen LogP contribution in [0.5, 0.6) is 0 Å². The van der Waals surface area contributed by atoms with Gasteiger partial charge in [-0.1, -0.05) is 12.1 Å².